The van der Waals surface area contributed by atoms with E-state index in [1.165, 1.54) is 21.7 Å². The van der Waals surface area contributed by atoms with E-state index in [2.05, 4.69) is 43.4 Å². The highest BCUT2D eigenvalue weighted by Gasteiger charge is 2.05. The van der Waals surface area contributed by atoms with Crippen LogP contribution in [-0.2, 0) is 13.0 Å². The molecule has 2 rings (SSSR count). The van der Waals surface area contributed by atoms with Gasteiger partial charge in [0.25, 0.3) is 0 Å². The molecule has 1 heterocycles. The molecule has 0 bridgehead atoms. The third kappa shape index (κ3) is 2.72. The molecular weight excluding hydrogens is 240 g/mol. The topological polar surface area (TPSA) is 35.8 Å². The van der Waals surface area contributed by atoms with Gasteiger partial charge < -0.3 is 5.32 Å². The number of thiophene rings is 1. The van der Waals surface area contributed by atoms with E-state index in [9.17, 15) is 0 Å². The van der Waals surface area contributed by atoms with Crippen LogP contribution in [0.15, 0.2) is 30.3 Å². The standard InChI is InChI=1S/C15H16N2S/c1-3-12-6-4-5-11(2)15(12)17-10-14-8-7-13(9-16)18-14/h4-8,17H,3,10H2,1-2H3. The van der Waals surface area contributed by atoms with Crippen molar-refractivity contribution in [3.63, 3.8) is 0 Å². The van der Waals surface area contributed by atoms with Gasteiger partial charge in [-0.25, -0.2) is 0 Å². The number of para-hydroxylation sites is 1. The number of aryl methyl sites for hydroxylation is 2. The van der Waals surface area contributed by atoms with Gasteiger partial charge >= 0.3 is 0 Å². The van der Waals surface area contributed by atoms with E-state index in [-0.39, 0.29) is 0 Å². The highest BCUT2D eigenvalue weighted by Crippen LogP contribution is 2.23. The van der Waals surface area contributed by atoms with Crippen LogP contribution in [0.2, 0.25) is 0 Å². The molecule has 0 saturated heterocycles. The summed E-state index contributed by atoms with van der Waals surface area (Å²) in [5, 5.41) is 12.3. The van der Waals surface area contributed by atoms with E-state index in [1.807, 2.05) is 12.1 Å². The molecule has 2 aromatic rings. The zero-order valence-electron chi connectivity index (χ0n) is 10.7. The summed E-state index contributed by atoms with van der Waals surface area (Å²) in [6.07, 6.45) is 1.03. The van der Waals surface area contributed by atoms with Crippen molar-refractivity contribution < 1.29 is 0 Å². The number of hydrogen-bond donors (Lipinski definition) is 1. The van der Waals surface area contributed by atoms with E-state index in [0.717, 1.165) is 17.8 Å². The van der Waals surface area contributed by atoms with Gasteiger partial charge in [0.1, 0.15) is 10.9 Å². The molecule has 92 valence electrons. The van der Waals surface area contributed by atoms with Crippen LogP contribution in [-0.4, -0.2) is 0 Å². The highest BCUT2D eigenvalue weighted by molar-refractivity contribution is 7.12. The van der Waals surface area contributed by atoms with Gasteiger partial charge in [0.2, 0.25) is 0 Å². The quantitative estimate of drug-likeness (QED) is 0.893. The number of benzene rings is 1. The van der Waals surface area contributed by atoms with Crippen LogP contribution in [0.3, 0.4) is 0 Å². The fourth-order valence-electron chi connectivity index (χ4n) is 1.98. The summed E-state index contributed by atoms with van der Waals surface area (Å²) in [7, 11) is 0. The molecule has 0 amide bonds. The molecule has 1 aromatic carbocycles. The maximum Gasteiger partial charge on any atom is 0.110 e. The molecule has 0 aliphatic rings. The molecule has 0 unspecified atom stereocenters. The molecule has 1 aromatic heterocycles. The molecule has 3 heteroatoms. The van der Waals surface area contributed by atoms with Gasteiger partial charge in [0.05, 0.1) is 0 Å². The lowest BCUT2D eigenvalue weighted by molar-refractivity contribution is 1.09. The number of nitrogens with zero attached hydrogens (tertiary/aromatic N) is 1. The van der Waals surface area contributed by atoms with Crippen LogP contribution in [0.4, 0.5) is 5.69 Å². The van der Waals surface area contributed by atoms with Crippen LogP contribution in [0.5, 0.6) is 0 Å². The second kappa shape index (κ2) is 5.70. The van der Waals surface area contributed by atoms with Crippen LogP contribution < -0.4 is 5.32 Å². The van der Waals surface area contributed by atoms with Gasteiger partial charge in [-0.15, -0.1) is 11.3 Å². The predicted octanol–water partition coefficient (Wildman–Crippen LogP) is 4.10. The molecule has 0 saturated carbocycles. The molecule has 0 spiro atoms. The molecular formula is C15H16N2S. The fourth-order valence-corrected chi connectivity index (χ4v) is 2.73. The zero-order chi connectivity index (χ0) is 13.0. The maximum atomic E-state index is 8.80. The van der Waals surface area contributed by atoms with Crippen LogP contribution in [0, 0.1) is 18.3 Å². The monoisotopic (exact) mass is 256 g/mol. The van der Waals surface area contributed by atoms with Gasteiger partial charge in [0.15, 0.2) is 0 Å². The summed E-state index contributed by atoms with van der Waals surface area (Å²) in [5.74, 6) is 0. The van der Waals surface area contributed by atoms with Gasteiger partial charge in [-0.1, -0.05) is 25.1 Å². The maximum absolute atomic E-state index is 8.80. The molecule has 0 aliphatic heterocycles. The average molecular weight is 256 g/mol. The summed E-state index contributed by atoms with van der Waals surface area (Å²) in [4.78, 5) is 1.96. The Hall–Kier alpha value is -1.79. The molecule has 0 fully saturated rings. The van der Waals surface area contributed by atoms with E-state index >= 15 is 0 Å². The van der Waals surface area contributed by atoms with Crippen molar-refractivity contribution in [3.8, 4) is 6.07 Å². The van der Waals surface area contributed by atoms with Crippen LogP contribution in [0.1, 0.15) is 27.8 Å². The van der Waals surface area contributed by atoms with Gasteiger partial charge in [0, 0.05) is 17.1 Å². The average Bonchev–Trinajstić information content (AvgIpc) is 2.85. The Morgan fingerprint density at radius 3 is 2.78 bits per heavy atom. The first-order valence-corrected chi connectivity index (χ1v) is 6.87. The molecule has 1 N–H and O–H groups in total. The Morgan fingerprint density at radius 1 is 1.28 bits per heavy atom. The second-order valence-corrected chi connectivity index (χ2v) is 5.36. The van der Waals surface area contributed by atoms with E-state index < -0.39 is 0 Å². The first-order valence-electron chi connectivity index (χ1n) is 6.05. The van der Waals surface area contributed by atoms with Crippen LogP contribution >= 0.6 is 11.3 Å². The number of hydrogen-bond acceptors (Lipinski definition) is 3. The SMILES string of the molecule is CCc1cccc(C)c1NCc1ccc(C#N)s1. The lowest BCUT2D eigenvalue weighted by Crippen LogP contribution is -2.02. The predicted molar refractivity (Wildman–Crippen MR) is 76.9 cm³/mol. The van der Waals surface area contributed by atoms with Crippen LogP contribution in [0.25, 0.3) is 0 Å². The lowest BCUT2D eigenvalue weighted by atomic mass is 10.1. The Balaban J connectivity index is 2.13. The smallest absolute Gasteiger partial charge is 0.110 e. The van der Waals surface area contributed by atoms with Crippen molar-refractivity contribution in [1.82, 2.24) is 0 Å². The highest BCUT2D eigenvalue weighted by atomic mass is 32.1. The minimum atomic E-state index is 0.771. The van der Waals surface area contributed by atoms with Crippen molar-refractivity contribution in [3.05, 3.63) is 51.2 Å². The lowest BCUT2D eigenvalue weighted by Gasteiger charge is -2.13. The Kier molecular flexibility index (Phi) is 4.01. The van der Waals surface area contributed by atoms with E-state index in [4.69, 9.17) is 5.26 Å². The minimum Gasteiger partial charge on any atom is -0.380 e. The number of nitrogens with one attached hydrogen (secondary N) is 1. The van der Waals surface area contributed by atoms with Crippen molar-refractivity contribution in [1.29, 1.82) is 5.26 Å². The van der Waals surface area contributed by atoms with E-state index in [0.29, 0.717) is 0 Å². The molecule has 0 atom stereocenters. The summed E-state index contributed by atoms with van der Waals surface area (Å²) in [6.45, 7) is 5.07. The van der Waals surface area contributed by atoms with E-state index in [1.54, 1.807) is 11.3 Å². The van der Waals surface area contributed by atoms with Crippen molar-refractivity contribution in [2.75, 3.05) is 5.32 Å². The zero-order valence-corrected chi connectivity index (χ0v) is 11.5. The van der Waals surface area contributed by atoms with Crippen molar-refractivity contribution >= 4 is 17.0 Å². The fraction of sp³-hybridized carbons (Fsp3) is 0.267. The largest absolute Gasteiger partial charge is 0.380 e. The Labute approximate surface area is 112 Å². The Morgan fingerprint density at radius 2 is 2.11 bits per heavy atom. The molecule has 18 heavy (non-hydrogen) atoms. The summed E-state index contributed by atoms with van der Waals surface area (Å²) < 4.78 is 0. The minimum absolute atomic E-state index is 0.771. The number of nitriles is 1. The number of rotatable bonds is 4. The molecule has 2 nitrogen and oxygen atoms in total. The van der Waals surface area contributed by atoms with Gasteiger partial charge in [-0.3, -0.25) is 0 Å². The first-order chi connectivity index (χ1) is 8.74. The normalized spacial score (nSPS) is 10.1. The molecule has 0 aliphatic carbocycles. The van der Waals surface area contributed by atoms with Crippen molar-refractivity contribution in [2.45, 2.75) is 26.8 Å². The van der Waals surface area contributed by atoms with Crippen molar-refractivity contribution in [2.24, 2.45) is 0 Å². The summed E-state index contributed by atoms with van der Waals surface area (Å²) in [6, 6.07) is 12.4. The van der Waals surface area contributed by atoms with Gasteiger partial charge in [-0.2, -0.15) is 5.26 Å². The second-order valence-electron chi connectivity index (χ2n) is 4.19. The summed E-state index contributed by atoms with van der Waals surface area (Å²) in [5.41, 5.74) is 3.84. The third-order valence-corrected chi connectivity index (χ3v) is 3.94. The van der Waals surface area contributed by atoms with Gasteiger partial charge in [-0.05, 0) is 36.6 Å². The molecule has 0 radical (unpaired) electrons. The Bertz CT molecular complexity index is 578. The third-order valence-electron chi connectivity index (χ3n) is 2.95. The first kappa shape index (κ1) is 12.7. The number of anilines is 1. The summed E-state index contributed by atoms with van der Waals surface area (Å²) >= 11 is 1.55.